The number of hydrogen-bond donors (Lipinski definition) is 2. The molecule has 0 radical (unpaired) electrons. The molecule has 1 aliphatic heterocycles. The van der Waals surface area contributed by atoms with Gasteiger partial charge in [-0.3, -0.25) is 4.79 Å². The summed E-state index contributed by atoms with van der Waals surface area (Å²) in [6.07, 6.45) is 0.379. The molecule has 1 saturated heterocycles. The van der Waals surface area contributed by atoms with Crippen LogP contribution in [-0.2, 0) is 19.6 Å². The minimum absolute atomic E-state index is 0.0568. The van der Waals surface area contributed by atoms with E-state index in [1.165, 1.54) is 19.2 Å². The van der Waals surface area contributed by atoms with E-state index in [0.717, 1.165) is 0 Å². The lowest BCUT2D eigenvalue weighted by atomic mass is 9.84. The summed E-state index contributed by atoms with van der Waals surface area (Å²) < 4.78 is 38.9. The van der Waals surface area contributed by atoms with Gasteiger partial charge in [-0.25, -0.2) is 13.1 Å². The molecule has 2 atom stereocenters. The summed E-state index contributed by atoms with van der Waals surface area (Å²) in [5, 5.41) is 10.3. The van der Waals surface area contributed by atoms with Crippen molar-refractivity contribution in [2.24, 2.45) is 5.41 Å². The van der Waals surface area contributed by atoms with Gasteiger partial charge in [0.1, 0.15) is 17.3 Å². The van der Waals surface area contributed by atoms with E-state index in [1.54, 1.807) is 38.5 Å². The molecule has 29 heavy (non-hydrogen) atoms. The van der Waals surface area contributed by atoms with Gasteiger partial charge in [-0.05, 0) is 52.2 Å². The average Bonchev–Trinajstić information content (AvgIpc) is 3.01. The van der Waals surface area contributed by atoms with Crippen molar-refractivity contribution in [2.45, 2.75) is 51.0 Å². The topological polar surface area (TPSA) is 105 Å². The van der Waals surface area contributed by atoms with Crippen molar-refractivity contribution in [3.05, 3.63) is 23.2 Å². The number of carbonyl (C=O) groups excluding carboxylic acids is 1. The average molecular weight is 447 g/mol. The highest BCUT2D eigenvalue weighted by atomic mass is 35.5. The van der Waals surface area contributed by atoms with Gasteiger partial charge in [-0.1, -0.05) is 11.6 Å². The Morgan fingerprint density at radius 2 is 2.07 bits per heavy atom. The van der Waals surface area contributed by atoms with Crippen LogP contribution in [0.3, 0.4) is 0 Å². The molecule has 2 N–H and O–H groups in total. The number of methoxy groups -OCH3 is 1. The SMILES string of the molecule is COc1ccc(Cl)cc1S(=O)(=O)N[C@@H]1C[C@H](COC(=O)C(C)(C)C)N(B(C)O)C1. The van der Waals surface area contributed by atoms with E-state index in [2.05, 4.69) is 4.72 Å². The first-order valence-corrected chi connectivity index (χ1v) is 11.2. The molecule has 0 bridgehead atoms. The molecule has 1 aromatic carbocycles. The molecule has 1 fully saturated rings. The zero-order chi connectivity index (χ0) is 22.0. The summed E-state index contributed by atoms with van der Waals surface area (Å²) in [5.74, 6) is -0.168. The number of sulfonamides is 1. The predicted octanol–water partition coefficient (Wildman–Crippen LogP) is 1.77. The Morgan fingerprint density at radius 1 is 1.41 bits per heavy atom. The number of benzene rings is 1. The summed E-state index contributed by atoms with van der Waals surface area (Å²) in [5.41, 5.74) is -0.640. The zero-order valence-electron chi connectivity index (χ0n) is 17.3. The van der Waals surface area contributed by atoms with Crippen molar-refractivity contribution < 1.29 is 27.7 Å². The van der Waals surface area contributed by atoms with Crippen molar-refractivity contribution in [2.75, 3.05) is 20.3 Å². The Labute approximate surface area is 177 Å². The van der Waals surface area contributed by atoms with Gasteiger partial charge in [-0.2, -0.15) is 0 Å². The maximum atomic E-state index is 12.9. The summed E-state index contributed by atoms with van der Waals surface area (Å²) >= 11 is 5.95. The molecule has 8 nitrogen and oxygen atoms in total. The number of nitrogens with one attached hydrogen (secondary N) is 1. The number of carbonyl (C=O) groups is 1. The Hall–Kier alpha value is -1.33. The van der Waals surface area contributed by atoms with Crippen LogP contribution in [0.15, 0.2) is 23.1 Å². The van der Waals surface area contributed by atoms with Crippen molar-refractivity contribution in [3.63, 3.8) is 0 Å². The Morgan fingerprint density at radius 3 is 2.62 bits per heavy atom. The Balaban J connectivity index is 2.13. The van der Waals surface area contributed by atoms with Crippen molar-refractivity contribution >= 4 is 34.6 Å². The van der Waals surface area contributed by atoms with Crippen LogP contribution in [0.1, 0.15) is 27.2 Å². The molecule has 0 amide bonds. The van der Waals surface area contributed by atoms with Crippen LogP contribution in [-0.4, -0.2) is 63.6 Å². The maximum Gasteiger partial charge on any atom is 0.376 e. The second-order valence-electron chi connectivity index (χ2n) is 8.18. The number of esters is 1. The number of ether oxygens (including phenoxy) is 2. The van der Waals surface area contributed by atoms with Crippen LogP contribution in [0.4, 0.5) is 0 Å². The van der Waals surface area contributed by atoms with Gasteiger partial charge in [-0.15, -0.1) is 0 Å². The predicted molar refractivity (Wildman–Crippen MR) is 111 cm³/mol. The van der Waals surface area contributed by atoms with Gasteiger partial charge < -0.3 is 19.3 Å². The smallest absolute Gasteiger partial charge is 0.376 e. The molecule has 0 aliphatic carbocycles. The van der Waals surface area contributed by atoms with E-state index in [-0.39, 0.29) is 40.8 Å². The highest BCUT2D eigenvalue weighted by Crippen LogP contribution is 2.29. The molecule has 1 aliphatic rings. The first-order chi connectivity index (χ1) is 13.3. The van der Waals surface area contributed by atoms with Gasteiger partial charge in [0.05, 0.1) is 12.5 Å². The Bertz CT molecular complexity index is 843. The molecule has 1 heterocycles. The molecule has 0 unspecified atom stereocenters. The summed E-state index contributed by atoms with van der Waals surface area (Å²) in [7, 11) is -3.35. The molecule has 0 saturated carbocycles. The fourth-order valence-electron chi connectivity index (χ4n) is 3.18. The van der Waals surface area contributed by atoms with Gasteiger partial charge in [0.25, 0.3) is 0 Å². The summed E-state index contributed by atoms with van der Waals surface area (Å²) in [6.45, 7) is 7.20. The van der Waals surface area contributed by atoms with E-state index >= 15 is 0 Å². The number of rotatable bonds is 7. The van der Waals surface area contributed by atoms with Crippen LogP contribution >= 0.6 is 11.6 Å². The van der Waals surface area contributed by atoms with E-state index < -0.39 is 28.5 Å². The van der Waals surface area contributed by atoms with E-state index in [9.17, 15) is 18.2 Å². The molecule has 2 rings (SSSR count). The zero-order valence-corrected chi connectivity index (χ0v) is 18.9. The van der Waals surface area contributed by atoms with E-state index in [0.29, 0.717) is 6.42 Å². The lowest BCUT2D eigenvalue weighted by Crippen LogP contribution is -2.45. The molecule has 162 valence electrons. The van der Waals surface area contributed by atoms with Crippen LogP contribution in [0, 0.1) is 5.41 Å². The fourth-order valence-corrected chi connectivity index (χ4v) is 4.85. The van der Waals surface area contributed by atoms with Crippen molar-refractivity contribution in [1.29, 1.82) is 0 Å². The maximum absolute atomic E-state index is 12.9. The summed E-state index contributed by atoms with van der Waals surface area (Å²) in [6, 6.07) is 3.57. The Kier molecular flexibility index (Phi) is 7.61. The number of hydrogen-bond acceptors (Lipinski definition) is 7. The highest BCUT2D eigenvalue weighted by Gasteiger charge is 2.39. The van der Waals surface area contributed by atoms with Gasteiger partial charge in [0.2, 0.25) is 10.0 Å². The van der Waals surface area contributed by atoms with Crippen molar-refractivity contribution in [3.8, 4) is 5.75 Å². The minimum atomic E-state index is -3.91. The van der Waals surface area contributed by atoms with Crippen LogP contribution < -0.4 is 9.46 Å². The normalized spacial score (nSPS) is 20.5. The minimum Gasteiger partial charge on any atom is -0.495 e. The first kappa shape index (κ1) is 23.9. The first-order valence-electron chi connectivity index (χ1n) is 9.32. The lowest BCUT2D eigenvalue weighted by molar-refractivity contribution is -0.154. The standard InChI is InChI=1S/C18H28BClN2O6S/c1-18(2,3)17(23)28-11-14-9-13(10-22(14)19(4)24)21-29(25,26)16-8-12(20)6-7-15(16)27-5/h6-8,13-14,21,24H,9-11H2,1-5H3/t13-,14-/m1/s1. The van der Waals surface area contributed by atoms with Crippen molar-refractivity contribution in [1.82, 2.24) is 9.53 Å². The summed E-state index contributed by atoms with van der Waals surface area (Å²) in [4.78, 5) is 13.7. The van der Waals surface area contributed by atoms with Gasteiger partial charge >= 0.3 is 13.0 Å². The molecule has 11 heteroatoms. The lowest BCUT2D eigenvalue weighted by Gasteiger charge is -2.26. The number of halogens is 1. The van der Waals surface area contributed by atoms with E-state index in [4.69, 9.17) is 21.1 Å². The molecule has 0 aromatic heterocycles. The largest absolute Gasteiger partial charge is 0.495 e. The van der Waals surface area contributed by atoms with Crippen LogP contribution in [0.2, 0.25) is 11.8 Å². The quantitative estimate of drug-likeness (QED) is 0.486. The molecular formula is C18H28BClN2O6S. The third-order valence-corrected chi connectivity index (χ3v) is 6.47. The van der Waals surface area contributed by atoms with Crippen LogP contribution in [0.25, 0.3) is 0 Å². The monoisotopic (exact) mass is 446 g/mol. The second-order valence-corrected chi connectivity index (χ2v) is 10.3. The van der Waals surface area contributed by atoms with Gasteiger partial charge in [0, 0.05) is 23.7 Å². The third-order valence-electron chi connectivity index (χ3n) is 4.69. The molecule has 1 aromatic rings. The van der Waals surface area contributed by atoms with Gasteiger partial charge in [0.15, 0.2) is 0 Å². The third kappa shape index (κ3) is 6.08. The van der Waals surface area contributed by atoms with Crippen LogP contribution in [0.5, 0.6) is 5.75 Å². The molecular weight excluding hydrogens is 419 g/mol. The molecule has 0 spiro atoms. The fraction of sp³-hybridized carbons (Fsp3) is 0.611. The second kappa shape index (κ2) is 9.22. The van der Waals surface area contributed by atoms with E-state index in [1.807, 2.05) is 0 Å². The highest BCUT2D eigenvalue weighted by molar-refractivity contribution is 7.89. The number of nitrogens with zero attached hydrogens (tertiary/aromatic N) is 1.